The molecule has 0 amide bonds. The van der Waals surface area contributed by atoms with Crippen LogP contribution in [0.1, 0.15) is 17.8 Å². The third-order valence-corrected chi connectivity index (χ3v) is 1.36. The first-order chi connectivity index (χ1) is 6.06. The van der Waals surface area contributed by atoms with Gasteiger partial charge in [-0.2, -0.15) is 5.26 Å². The molecule has 0 aliphatic rings. The van der Waals surface area contributed by atoms with Crippen molar-refractivity contribution in [2.45, 2.75) is 6.43 Å². The number of anilines is 1. The molecule has 0 atom stereocenters. The predicted molar refractivity (Wildman–Crippen MR) is 38.3 cm³/mol. The number of nitriles is 1. The van der Waals surface area contributed by atoms with Gasteiger partial charge in [0.1, 0.15) is 17.5 Å². The zero-order valence-electron chi connectivity index (χ0n) is 6.26. The summed E-state index contributed by atoms with van der Waals surface area (Å²) in [4.78, 5) is 3.18. The lowest BCUT2D eigenvalue weighted by atomic mass is 10.2. The second-order valence-electron chi connectivity index (χ2n) is 2.20. The van der Waals surface area contributed by atoms with Crippen molar-refractivity contribution in [1.82, 2.24) is 4.98 Å². The molecule has 0 spiro atoms. The van der Waals surface area contributed by atoms with Gasteiger partial charge in [-0.1, -0.05) is 0 Å². The summed E-state index contributed by atoms with van der Waals surface area (Å²) in [5, 5.41) is 8.29. The van der Waals surface area contributed by atoms with Crippen LogP contribution in [0.4, 0.5) is 18.9 Å². The molecule has 13 heavy (non-hydrogen) atoms. The second-order valence-corrected chi connectivity index (χ2v) is 2.20. The summed E-state index contributed by atoms with van der Waals surface area (Å²) < 4.78 is 36.9. The minimum absolute atomic E-state index is 0.415. The van der Waals surface area contributed by atoms with E-state index in [2.05, 4.69) is 4.98 Å². The number of nitrogens with zero attached hydrogens (tertiary/aromatic N) is 2. The molecule has 0 unspecified atom stereocenters. The fourth-order valence-electron chi connectivity index (χ4n) is 0.766. The smallest absolute Gasteiger partial charge is 0.282 e. The maximum Gasteiger partial charge on any atom is 0.282 e. The highest BCUT2D eigenvalue weighted by Crippen LogP contribution is 2.25. The molecule has 0 saturated heterocycles. The lowest BCUT2D eigenvalue weighted by Gasteiger charge is -2.04. The van der Waals surface area contributed by atoms with Crippen molar-refractivity contribution < 1.29 is 13.2 Å². The van der Waals surface area contributed by atoms with Crippen molar-refractivity contribution in [1.29, 1.82) is 5.26 Å². The molecule has 3 nitrogen and oxygen atoms in total. The Kier molecular flexibility index (Phi) is 2.37. The monoisotopic (exact) mass is 187 g/mol. The molecule has 6 heteroatoms. The highest BCUT2D eigenvalue weighted by atomic mass is 19.3. The first kappa shape index (κ1) is 9.32. The average molecular weight is 187 g/mol. The van der Waals surface area contributed by atoms with Crippen molar-refractivity contribution in [2.75, 3.05) is 5.73 Å². The lowest BCUT2D eigenvalue weighted by Crippen LogP contribution is -2.03. The molecule has 0 saturated carbocycles. The molecule has 0 radical (unpaired) electrons. The first-order valence-electron chi connectivity index (χ1n) is 3.20. The summed E-state index contributed by atoms with van der Waals surface area (Å²) in [5.74, 6) is -1.05. The van der Waals surface area contributed by atoms with E-state index in [1.165, 1.54) is 6.07 Å². The third kappa shape index (κ3) is 1.69. The summed E-state index contributed by atoms with van der Waals surface area (Å²) >= 11 is 0. The Hall–Kier alpha value is -1.77. The van der Waals surface area contributed by atoms with Crippen LogP contribution < -0.4 is 5.73 Å². The van der Waals surface area contributed by atoms with Crippen molar-refractivity contribution in [2.24, 2.45) is 0 Å². The standard InChI is InChI=1S/C7H4F3N3/c8-4-1-3(2-11)13-6(5(4)12)7(9)10/h1,7H,12H2. The molecule has 68 valence electrons. The van der Waals surface area contributed by atoms with Crippen molar-refractivity contribution in [3.63, 3.8) is 0 Å². The van der Waals surface area contributed by atoms with Crippen molar-refractivity contribution >= 4 is 5.69 Å². The summed E-state index contributed by atoms with van der Waals surface area (Å²) in [6.45, 7) is 0. The minimum atomic E-state index is -2.98. The highest BCUT2D eigenvalue weighted by Gasteiger charge is 2.17. The molecule has 1 aromatic heterocycles. The molecular weight excluding hydrogens is 183 g/mol. The maximum atomic E-state index is 12.7. The van der Waals surface area contributed by atoms with Crippen LogP contribution in [0.2, 0.25) is 0 Å². The van der Waals surface area contributed by atoms with Gasteiger partial charge in [0.15, 0.2) is 5.82 Å². The molecule has 0 aromatic carbocycles. The second kappa shape index (κ2) is 3.31. The number of alkyl halides is 2. The van der Waals surface area contributed by atoms with E-state index < -0.39 is 29.3 Å². The van der Waals surface area contributed by atoms with Crippen molar-refractivity contribution in [3.05, 3.63) is 23.3 Å². The molecule has 1 heterocycles. The first-order valence-corrected chi connectivity index (χ1v) is 3.20. The van der Waals surface area contributed by atoms with Crippen LogP contribution in [0.3, 0.4) is 0 Å². The van der Waals surface area contributed by atoms with Gasteiger partial charge < -0.3 is 5.73 Å². The van der Waals surface area contributed by atoms with Crippen LogP contribution in [-0.4, -0.2) is 4.98 Å². The van der Waals surface area contributed by atoms with Crippen LogP contribution in [-0.2, 0) is 0 Å². The lowest BCUT2D eigenvalue weighted by molar-refractivity contribution is 0.146. The molecule has 0 fully saturated rings. The van der Waals surface area contributed by atoms with E-state index in [0.717, 1.165) is 0 Å². The summed E-state index contributed by atoms with van der Waals surface area (Å²) in [5.41, 5.74) is 2.96. The van der Waals surface area contributed by atoms with E-state index in [4.69, 9.17) is 11.0 Å². The Bertz CT molecular complexity index is 370. The van der Waals surface area contributed by atoms with Crippen molar-refractivity contribution in [3.8, 4) is 6.07 Å². The van der Waals surface area contributed by atoms with E-state index in [0.29, 0.717) is 6.07 Å². The number of hydrogen-bond acceptors (Lipinski definition) is 3. The van der Waals surface area contributed by atoms with Crippen LogP contribution in [0.5, 0.6) is 0 Å². The number of hydrogen-bond donors (Lipinski definition) is 1. The third-order valence-electron chi connectivity index (χ3n) is 1.36. The van der Waals surface area contributed by atoms with Crippen LogP contribution in [0.15, 0.2) is 6.07 Å². The summed E-state index contributed by atoms with van der Waals surface area (Å²) in [6.07, 6.45) is -2.98. The highest BCUT2D eigenvalue weighted by molar-refractivity contribution is 5.47. The zero-order valence-corrected chi connectivity index (χ0v) is 6.26. The topological polar surface area (TPSA) is 62.7 Å². The van der Waals surface area contributed by atoms with E-state index >= 15 is 0 Å². The van der Waals surface area contributed by atoms with Crippen LogP contribution >= 0.6 is 0 Å². The molecule has 0 aliphatic heterocycles. The predicted octanol–water partition coefficient (Wildman–Crippen LogP) is 1.61. The normalized spacial score (nSPS) is 10.1. The number of pyridine rings is 1. The van der Waals surface area contributed by atoms with Gasteiger partial charge >= 0.3 is 0 Å². The number of halogens is 3. The van der Waals surface area contributed by atoms with Crippen LogP contribution in [0, 0.1) is 17.1 Å². The Morgan fingerprint density at radius 3 is 2.62 bits per heavy atom. The maximum absolute atomic E-state index is 12.7. The van der Waals surface area contributed by atoms with Gasteiger partial charge in [-0.25, -0.2) is 18.2 Å². The van der Waals surface area contributed by atoms with Crippen LogP contribution in [0.25, 0.3) is 0 Å². The Labute approximate surface area is 71.6 Å². The number of rotatable bonds is 1. The van der Waals surface area contributed by atoms with Gasteiger partial charge in [0.05, 0.1) is 5.69 Å². The SMILES string of the molecule is N#Cc1cc(F)c(N)c(C(F)F)n1. The molecule has 0 aliphatic carbocycles. The average Bonchev–Trinajstić information content (AvgIpc) is 2.09. The van der Waals surface area contributed by atoms with Gasteiger partial charge in [0.2, 0.25) is 0 Å². The largest absolute Gasteiger partial charge is 0.395 e. The molecular formula is C7H4F3N3. The van der Waals surface area contributed by atoms with Gasteiger partial charge in [0, 0.05) is 6.07 Å². The molecule has 1 rings (SSSR count). The van der Waals surface area contributed by atoms with E-state index in [9.17, 15) is 13.2 Å². The van der Waals surface area contributed by atoms with Gasteiger partial charge in [-0.3, -0.25) is 0 Å². The quantitative estimate of drug-likeness (QED) is 0.726. The number of aromatic nitrogens is 1. The fourth-order valence-corrected chi connectivity index (χ4v) is 0.766. The number of nitrogen functional groups attached to an aromatic ring is 1. The fraction of sp³-hybridized carbons (Fsp3) is 0.143. The Balaban J connectivity index is 3.35. The summed E-state index contributed by atoms with van der Waals surface area (Å²) in [7, 11) is 0. The zero-order chi connectivity index (χ0) is 10.0. The Morgan fingerprint density at radius 2 is 2.15 bits per heavy atom. The van der Waals surface area contributed by atoms with Gasteiger partial charge in [0.25, 0.3) is 6.43 Å². The van der Waals surface area contributed by atoms with E-state index in [1.807, 2.05) is 0 Å². The molecule has 1 aromatic rings. The van der Waals surface area contributed by atoms with E-state index in [1.54, 1.807) is 0 Å². The minimum Gasteiger partial charge on any atom is -0.395 e. The molecule has 2 N–H and O–H groups in total. The summed E-state index contributed by atoms with van der Waals surface area (Å²) in [6, 6.07) is 2.16. The number of nitrogens with two attached hydrogens (primary N) is 1. The van der Waals surface area contributed by atoms with Gasteiger partial charge in [-0.05, 0) is 0 Å². The molecule has 0 bridgehead atoms. The van der Waals surface area contributed by atoms with Gasteiger partial charge in [-0.15, -0.1) is 0 Å². The Morgan fingerprint density at radius 1 is 1.54 bits per heavy atom. The van der Waals surface area contributed by atoms with E-state index in [-0.39, 0.29) is 0 Å².